The number of carbonyl (C=O) groups is 1. The van der Waals surface area contributed by atoms with Gasteiger partial charge in [-0.1, -0.05) is 29.8 Å². The Balaban J connectivity index is 2.88. The van der Waals surface area contributed by atoms with Crippen LogP contribution in [0, 0.1) is 10.1 Å². The number of nitro groups is 1. The summed E-state index contributed by atoms with van der Waals surface area (Å²) in [4.78, 5) is 21.6. The third-order valence-corrected chi connectivity index (χ3v) is 2.78. The summed E-state index contributed by atoms with van der Waals surface area (Å²) in [6.07, 6.45) is -0.0431. The molecule has 1 aromatic rings. The van der Waals surface area contributed by atoms with Crippen LogP contribution in [0.25, 0.3) is 0 Å². The first kappa shape index (κ1) is 14.4. The second-order valence-corrected chi connectivity index (χ2v) is 4.15. The normalized spacial score (nSPS) is 11.9. The predicted octanol–water partition coefficient (Wildman–Crippen LogP) is 2.65. The Hall–Kier alpha value is -1.62. The minimum Gasteiger partial charge on any atom is -0.466 e. The standard InChI is InChI=1S/C12H14ClNO4/c1-2-18-12(15)7-9(8-14(16)17)10-5-3-4-6-11(10)13/h3-6,9H,2,7-8H2,1H3/t9-/m0/s1. The zero-order valence-electron chi connectivity index (χ0n) is 9.97. The van der Waals surface area contributed by atoms with Crippen molar-refractivity contribution >= 4 is 17.6 Å². The van der Waals surface area contributed by atoms with Gasteiger partial charge in [0.1, 0.15) is 0 Å². The van der Waals surface area contributed by atoms with Crippen molar-refractivity contribution < 1.29 is 14.5 Å². The van der Waals surface area contributed by atoms with Crippen LogP contribution in [-0.4, -0.2) is 24.0 Å². The molecular formula is C12H14ClNO4. The quantitative estimate of drug-likeness (QED) is 0.453. The molecule has 6 heteroatoms. The zero-order valence-corrected chi connectivity index (χ0v) is 10.7. The molecule has 0 aliphatic carbocycles. The van der Waals surface area contributed by atoms with E-state index in [2.05, 4.69) is 0 Å². The van der Waals surface area contributed by atoms with Crippen LogP contribution >= 0.6 is 11.6 Å². The van der Waals surface area contributed by atoms with Gasteiger partial charge in [0.05, 0.1) is 18.9 Å². The van der Waals surface area contributed by atoms with E-state index in [9.17, 15) is 14.9 Å². The molecule has 0 aromatic heterocycles. The van der Waals surface area contributed by atoms with E-state index in [1.54, 1.807) is 31.2 Å². The van der Waals surface area contributed by atoms with Crippen LogP contribution in [0.2, 0.25) is 5.02 Å². The van der Waals surface area contributed by atoms with Crippen LogP contribution in [-0.2, 0) is 9.53 Å². The van der Waals surface area contributed by atoms with Gasteiger partial charge >= 0.3 is 5.97 Å². The van der Waals surface area contributed by atoms with Gasteiger partial charge in [-0.15, -0.1) is 0 Å². The Morgan fingerprint density at radius 1 is 1.50 bits per heavy atom. The number of halogens is 1. The fraction of sp³-hybridized carbons (Fsp3) is 0.417. The first-order valence-electron chi connectivity index (χ1n) is 5.56. The van der Waals surface area contributed by atoms with Crippen molar-refractivity contribution in [2.24, 2.45) is 0 Å². The summed E-state index contributed by atoms with van der Waals surface area (Å²) < 4.78 is 4.81. The van der Waals surface area contributed by atoms with Gasteiger partial charge < -0.3 is 4.74 Å². The molecule has 0 unspecified atom stereocenters. The van der Waals surface area contributed by atoms with Crippen LogP contribution in [0.15, 0.2) is 24.3 Å². The molecule has 0 amide bonds. The summed E-state index contributed by atoms with van der Waals surface area (Å²) in [5.41, 5.74) is 0.601. The second-order valence-electron chi connectivity index (χ2n) is 3.74. The molecule has 0 aliphatic heterocycles. The van der Waals surface area contributed by atoms with Crippen molar-refractivity contribution in [1.29, 1.82) is 0 Å². The van der Waals surface area contributed by atoms with Crippen molar-refractivity contribution in [2.75, 3.05) is 13.2 Å². The lowest BCUT2D eigenvalue weighted by molar-refractivity contribution is -0.483. The van der Waals surface area contributed by atoms with Crippen LogP contribution < -0.4 is 0 Å². The summed E-state index contributed by atoms with van der Waals surface area (Å²) in [6, 6.07) is 6.81. The van der Waals surface area contributed by atoms with Crippen LogP contribution in [0.3, 0.4) is 0 Å². The smallest absolute Gasteiger partial charge is 0.306 e. The van der Waals surface area contributed by atoms with E-state index >= 15 is 0 Å². The molecule has 5 nitrogen and oxygen atoms in total. The number of ether oxygens (including phenoxy) is 1. The van der Waals surface area contributed by atoms with Gasteiger partial charge in [-0.05, 0) is 18.6 Å². The lowest BCUT2D eigenvalue weighted by Crippen LogP contribution is -2.18. The number of esters is 1. The van der Waals surface area contributed by atoms with E-state index in [-0.39, 0.29) is 19.6 Å². The summed E-state index contributed by atoms with van der Waals surface area (Å²) >= 11 is 5.99. The predicted molar refractivity (Wildman–Crippen MR) is 67.3 cm³/mol. The number of hydrogen-bond donors (Lipinski definition) is 0. The molecule has 18 heavy (non-hydrogen) atoms. The first-order chi connectivity index (χ1) is 8.54. The molecule has 0 aliphatic rings. The molecule has 0 heterocycles. The zero-order chi connectivity index (χ0) is 13.5. The maximum Gasteiger partial charge on any atom is 0.306 e. The van der Waals surface area contributed by atoms with E-state index in [0.29, 0.717) is 10.6 Å². The van der Waals surface area contributed by atoms with E-state index in [4.69, 9.17) is 16.3 Å². The van der Waals surface area contributed by atoms with Crippen molar-refractivity contribution in [3.8, 4) is 0 Å². The number of nitrogens with zero attached hydrogens (tertiary/aromatic N) is 1. The minimum atomic E-state index is -0.562. The molecular weight excluding hydrogens is 258 g/mol. The van der Waals surface area contributed by atoms with Gasteiger partial charge in [-0.3, -0.25) is 14.9 Å². The Kier molecular flexibility index (Phi) is 5.58. The monoisotopic (exact) mass is 271 g/mol. The van der Waals surface area contributed by atoms with Gasteiger partial charge in [0.2, 0.25) is 6.54 Å². The molecule has 1 atom stereocenters. The summed E-state index contributed by atoms with van der Waals surface area (Å²) in [5.74, 6) is -1.02. The Morgan fingerprint density at radius 2 is 2.17 bits per heavy atom. The number of rotatable bonds is 6. The largest absolute Gasteiger partial charge is 0.466 e. The Labute approximate surface area is 110 Å². The number of benzene rings is 1. The highest BCUT2D eigenvalue weighted by atomic mass is 35.5. The highest BCUT2D eigenvalue weighted by Crippen LogP contribution is 2.27. The molecule has 98 valence electrons. The van der Waals surface area contributed by atoms with Crippen molar-refractivity contribution in [2.45, 2.75) is 19.3 Å². The van der Waals surface area contributed by atoms with E-state index in [1.807, 2.05) is 0 Å². The number of carbonyl (C=O) groups excluding carboxylic acids is 1. The summed E-state index contributed by atoms with van der Waals surface area (Å²) in [6.45, 7) is 1.60. The lowest BCUT2D eigenvalue weighted by Gasteiger charge is -2.13. The van der Waals surface area contributed by atoms with Gasteiger partial charge in [0.15, 0.2) is 0 Å². The van der Waals surface area contributed by atoms with E-state index in [1.165, 1.54) is 0 Å². The van der Waals surface area contributed by atoms with Crippen molar-refractivity contribution in [1.82, 2.24) is 0 Å². The van der Waals surface area contributed by atoms with Crippen molar-refractivity contribution in [3.63, 3.8) is 0 Å². The molecule has 0 saturated carbocycles. The highest BCUT2D eigenvalue weighted by Gasteiger charge is 2.23. The van der Waals surface area contributed by atoms with Crippen LogP contribution in [0.4, 0.5) is 0 Å². The Morgan fingerprint density at radius 3 is 2.72 bits per heavy atom. The Bertz CT molecular complexity index is 436. The maximum absolute atomic E-state index is 11.4. The second kappa shape index (κ2) is 6.96. The van der Waals surface area contributed by atoms with Gasteiger partial charge in [0, 0.05) is 9.95 Å². The fourth-order valence-electron chi connectivity index (χ4n) is 1.68. The summed E-state index contributed by atoms with van der Waals surface area (Å²) in [5, 5.41) is 11.1. The lowest BCUT2D eigenvalue weighted by atomic mass is 9.96. The van der Waals surface area contributed by atoms with Gasteiger partial charge in [-0.2, -0.15) is 0 Å². The number of hydrogen-bond acceptors (Lipinski definition) is 4. The molecule has 0 N–H and O–H groups in total. The molecule has 1 aromatic carbocycles. The minimum absolute atomic E-state index is 0.0431. The van der Waals surface area contributed by atoms with Crippen LogP contribution in [0.5, 0.6) is 0 Å². The average Bonchev–Trinajstić information content (AvgIpc) is 2.28. The highest BCUT2D eigenvalue weighted by molar-refractivity contribution is 6.31. The first-order valence-corrected chi connectivity index (χ1v) is 5.94. The maximum atomic E-state index is 11.4. The molecule has 0 radical (unpaired) electrons. The van der Waals surface area contributed by atoms with Crippen molar-refractivity contribution in [3.05, 3.63) is 45.0 Å². The van der Waals surface area contributed by atoms with E-state index in [0.717, 1.165) is 0 Å². The fourth-order valence-corrected chi connectivity index (χ4v) is 1.97. The van der Waals surface area contributed by atoms with E-state index < -0.39 is 16.8 Å². The summed E-state index contributed by atoms with van der Waals surface area (Å²) in [7, 11) is 0. The molecule has 0 spiro atoms. The average molecular weight is 272 g/mol. The molecule has 0 bridgehead atoms. The van der Waals surface area contributed by atoms with Crippen LogP contribution in [0.1, 0.15) is 24.8 Å². The SMILES string of the molecule is CCOC(=O)C[C@@H](C[N+](=O)[O-])c1ccccc1Cl. The molecule has 0 fully saturated rings. The van der Waals surface area contributed by atoms with Gasteiger partial charge in [0.25, 0.3) is 0 Å². The topological polar surface area (TPSA) is 69.4 Å². The third-order valence-electron chi connectivity index (χ3n) is 2.43. The third kappa shape index (κ3) is 4.33. The molecule has 0 saturated heterocycles. The molecule has 1 rings (SSSR count). The van der Waals surface area contributed by atoms with Gasteiger partial charge in [-0.25, -0.2) is 0 Å².